The number of benzene rings is 1. The minimum atomic E-state index is -3.80. The van der Waals surface area contributed by atoms with Gasteiger partial charge in [0.2, 0.25) is 0 Å². The molecule has 7 heteroatoms. The maximum absolute atomic E-state index is 11.8. The number of amidine groups is 1. The first kappa shape index (κ1) is 12.6. The van der Waals surface area contributed by atoms with Gasteiger partial charge < -0.3 is 10.1 Å². The van der Waals surface area contributed by atoms with Crippen LogP contribution in [0, 0.1) is 0 Å². The lowest BCUT2D eigenvalue weighted by Gasteiger charge is -2.16. The molecule has 2 rings (SSSR count). The molecule has 0 amide bonds. The standard InChI is InChI=1S/C11H12N2O4S/c1-2-5-10(14)17-11-12-8-6-3-4-7-9(8)18(15,16)13-11/h3-4,6-7H,2,5H2,1H3,(H,12,13). The lowest BCUT2D eigenvalue weighted by Crippen LogP contribution is -2.26. The topological polar surface area (TPSA) is 84.8 Å². The second kappa shape index (κ2) is 4.77. The molecule has 0 atom stereocenters. The second-order valence-corrected chi connectivity index (χ2v) is 5.29. The molecule has 96 valence electrons. The summed E-state index contributed by atoms with van der Waals surface area (Å²) in [6.45, 7) is 1.82. The summed E-state index contributed by atoms with van der Waals surface area (Å²) in [5.41, 5.74) is 0.354. The predicted molar refractivity (Wildman–Crippen MR) is 65.7 cm³/mol. The number of nitrogens with one attached hydrogen (secondary N) is 1. The fourth-order valence-corrected chi connectivity index (χ4v) is 2.55. The van der Waals surface area contributed by atoms with Crippen LogP contribution in [-0.2, 0) is 19.6 Å². The number of nitrogens with zero attached hydrogens (tertiary/aromatic N) is 1. The average molecular weight is 268 g/mol. The summed E-state index contributed by atoms with van der Waals surface area (Å²) in [7, 11) is -3.80. The molecule has 18 heavy (non-hydrogen) atoms. The highest BCUT2D eigenvalue weighted by atomic mass is 32.2. The second-order valence-electron chi connectivity index (χ2n) is 3.72. The van der Waals surface area contributed by atoms with E-state index >= 15 is 0 Å². The molecule has 1 heterocycles. The van der Waals surface area contributed by atoms with E-state index in [4.69, 9.17) is 4.74 Å². The van der Waals surface area contributed by atoms with E-state index < -0.39 is 16.0 Å². The molecule has 0 spiro atoms. The van der Waals surface area contributed by atoms with Crippen LogP contribution in [0.15, 0.2) is 33.6 Å². The summed E-state index contributed by atoms with van der Waals surface area (Å²) < 4.78 is 31.9. The van der Waals surface area contributed by atoms with Crippen LogP contribution in [0.5, 0.6) is 0 Å². The minimum Gasteiger partial charge on any atom is -0.392 e. The van der Waals surface area contributed by atoms with Crippen LogP contribution >= 0.6 is 0 Å². The molecule has 0 saturated carbocycles. The third kappa shape index (κ3) is 2.51. The lowest BCUT2D eigenvalue weighted by molar-refractivity contribution is -0.135. The maximum Gasteiger partial charge on any atom is 0.313 e. The van der Waals surface area contributed by atoms with Crippen molar-refractivity contribution in [3.05, 3.63) is 24.3 Å². The molecule has 0 aromatic heterocycles. The molecule has 0 fully saturated rings. The lowest BCUT2D eigenvalue weighted by atomic mass is 10.3. The van der Waals surface area contributed by atoms with Crippen molar-refractivity contribution >= 4 is 27.7 Å². The number of carbonyl (C=O) groups excluding carboxylic acids is 1. The summed E-state index contributed by atoms with van der Waals surface area (Å²) in [4.78, 5) is 11.4. The Morgan fingerprint density at radius 1 is 1.39 bits per heavy atom. The number of para-hydroxylation sites is 1. The van der Waals surface area contributed by atoms with Crippen molar-refractivity contribution < 1.29 is 17.9 Å². The fraction of sp³-hybridized carbons (Fsp3) is 0.273. The molecule has 0 bridgehead atoms. The third-order valence-corrected chi connectivity index (χ3v) is 3.59. The normalized spacial score (nSPS) is 16.2. The van der Waals surface area contributed by atoms with Crippen molar-refractivity contribution in [1.82, 2.24) is 0 Å². The third-order valence-electron chi connectivity index (χ3n) is 2.27. The van der Waals surface area contributed by atoms with Gasteiger partial charge in [0.1, 0.15) is 4.90 Å². The smallest absolute Gasteiger partial charge is 0.313 e. The Labute approximate surface area is 105 Å². The first-order chi connectivity index (χ1) is 8.53. The zero-order valence-electron chi connectivity index (χ0n) is 9.71. The number of rotatable bonds is 2. The summed E-state index contributed by atoms with van der Waals surface area (Å²) in [5.74, 6) is -0.515. The number of sulfonamides is 1. The number of anilines is 1. The van der Waals surface area contributed by atoms with E-state index in [1.54, 1.807) is 18.2 Å². The molecule has 6 nitrogen and oxygen atoms in total. The van der Waals surface area contributed by atoms with Crippen molar-refractivity contribution in [3.8, 4) is 0 Å². The monoisotopic (exact) mass is 268 g/mol. The van der Waals surface area contributed by atoms with Gasteiger partial charge in [-0.05, 0) is 18.6 Å². The molecule has 0 saturated heterocycles. The number of esters is 1. The Morgan fingerprint density at radius 2 is 2.11 bits per heavy atom. The highest BCUT2D eigenvalue weighted by Crippen LogP contribution is 2.26. The van der Waals surface area contributed by atoms with Gasteiger partial charge in [-0.25, -0.2) is 0 Å². The average Bonchev–Trinajstić information content (AvgIpc) is 2.28. The summed E-state index contributed by atoms with van der Waals surface area (Å²) in [6.07, 6.45) is 0.831. The van der Waals surface area contributed by atoms with Gasteiger partial charge in [-0.2, -0.15) is 8.42 Å². The van der Waals surface area contributed by atoms with E-state index in [9.17, 15) is 13.2 Å². The molecule has 0 aliphatic carbocycles. The summed E-state index contributed by atoms with van der Waals surface area (Å²) in [6, 6.07) is 5.99. The van der Waals surface area contributed by atoms with Crippen molar-refractivity contribution in [2.24, 2.45) is 4.40 Å². The molecule has 0 radical (unpaired) electrons. The van der Waals surface area contributed by atoms with E-state index in [1.165, 1.54) is 6.07 Å². The largest absolute Gasteiger partial charge is 0.392 e. The van der Waals surface area contributed by atoms with E-state index in [1.807, 2.05) is 6.92 Å². The minimum absolute atomic E-state index is 0.0697. The Bertz CT molecular complexity index is 607. The number of hydrogen-bond acceptors (Lipinski definition) is 5. The van der Waals surface area contributed by atoms with Crippen molar-refractivity contribution in [1.29, 1.82) is 0 Å². The summed E-state index contributed by atoms with van der Waals surface area (Å²) in [5, 5.41) is 2.67. The van der Waals surface area contributed by atoms with Crippen molar-refractivity contribution in [3.63, 3.8) is 0 Å². The molecular weight excluding hydrogens is 256 g/mol. The molecule has 1 N–H and O–H groups in total. The van der Waals surface area contributed by atoms with Crippen LogP contribution in [-0.4, -0.2) is 20.4 Å². The first-order valence-electron chi connectivity index (χ1n) is 5.44. The quantitative estimate of drug-likeness (QED) is 0.821. The highest BCUT2D eigenvalue weighted by Gasteiger charge is 2.26. The van der Waals surface area contributed by atoms with Gasteiger partial charge in [0.05, 0.1) is 5.69 Å². The molecule has 1 aliphatic heterocycles. The zero-order valence-corrected chi connectivity index (χ0v) is 10.5. The van der Waals surface area contributed by atoms with Crippen LogP contribution in [0.1, 0.15) is 19.8 Å². The Balaban J connectivity index is 2.28. The number of hydrogen-bond donors (Lipinski definition) is 1. The molecule has 1 aromatic carbocycles. The van der Waals surface area contributed by atoms with Gasteiger partial charge in [0.15, 0.2) is 0 Å². The molecular formula is C11H12N2O4S. The van der Waals surface area contributed by atoms with Crippen molar-refractivity contribution in [2.45, 2.75) is 24.7 Å². The first-order valence-corrected chi connectivity index (χ1v) is 6.88. The van der Waals surface area contributed by atoms with E-state index in [0.717, 1.165) is 0 Å². The van der Waals surface area contributed by atoms with E-state index in [2.05, 4.69) is 9.71 Å². The molecule has 0 unspecified atom stereocenters. The zero-order chi connectivity index (χ0) is 13.2. The van der Waals surface area contributed by atoms with E-state index in [-0.39, 0.29) is 17.3 Å². The fourth-order valence-electron chi connectivity index (χ4n) is 1.50. The van der Waals surface area contributed by atoms with Crippen molar-refractivity contribution in [2.75, 3.05) is 5.32 Å². The van der Waals surface area contributed by atoms with Crippen LogP contribution in [0.4, 0.5) is 5.69 Å². The van der Waals surface area contributed by atoms with Crippen LogP contribution in [0.2, 0.25) is 0 Å². The van der Waals surface area contributed by atoms with Crippen LogP contribution in [0.25, 0.3) is 0 Å². The number of ether oxygens (including phenoxy) is 1. The Kier molecular flexibility index (Phi) is 3.33. The SMILES string of the molecule is CCCC(=O)OC1=NS(=O)(=O)c2ccccc2N1. The highest BCUT2D eigenvalue weighted by molar-refractivity contribution is 7.90. The van der Waals surface area contributed by atoms with Crippen LogP contribution < -0.4 is 5.32 Å². The van der Waals surface area contributed by atoms with Gasteiger partial charge in [0.25, 0.3) is 10.0 Å². The number of fused-ring (bicyclic) bond motifs is 1. The Hall–Kier alpha value is -1.89. The van der Waals surface area contributed by atoms with Gasteiger partial charge in [0, 0.05) is 6.42 Å². The Morgan fingerprint density at radius 3 is 2.83 bits per heavy atom. The van der Waals surface area contributed by atoms with Gasteiger partial charge in [-0.3, -0.25) is 4.79 Å². The predicted octanol–water partition coefficient (Wildman–Crippen LogP) is 1.50. The van der Waals surface area contributed by atoms with Gasteiger partial charge in [-0.1, -0.05) is 19.1 Å². The van der Waals surface area contributed by atoms with Gasteiger partial charge >= 0.3 is 12.0 Å². The maximum atomic E-state index is 11.8. The van der Waals surface area contributed by atoms with Crippen LogP contribution in [0.3, 0.4) is 0 Å². The summed E-state index contributed by atoms with van der Waals surface area (Å²) >= 11 is 0. The molecule has 1 aliphatic rings. The molecule has 1 aromatic rings. The van der Waals surface area contributed by atoms with E-state index in [0.29, 0.717) is 12.1 Å². The number of carbonyl (C=O) groups is 1. The van der Waals surface area contributed by atoms with Gasteiger partial charge in [-0.15, -0.1) is 4.40 Å².